The van der Waals surface area contributed by atoms with Crippen LogP contribution in [0.4, 0.5) is 5.69 Å². The number of hydrogen-bond donors (Lipinski definition) is 0. The number of methoxy groups -OCH3 is 1. The van der Waals surface area contributed by atoms with Crippen molar-refractivity contribution in [3.05, 3.63) is 40.8 Å². The summed E-state index contributed by atoms with van der Waals surface area (Å²) in [6.45, 7) is 3.48. The molecule has 0 fully saturated rings. The molecule has 1 aliphatic heterocycles. The summed E-state index contributed by atoms with van der Waals surface area (Å²) in [5.74, 6) is -0.179. The number of benzene rings is 1. The van der Waals surface area contributed by atoms with E-state index in [0.717, 1.165) is 5.56 Å². The topological polar surface area (TPSA) is 89.7 Å². The Labute approximate surface area is 133 Å². The molecule has 0 N–H and O–H groups in total. The average molecular weight is 336 g/mol. The maximum atomic E-state index is 12.9. The molecule has 0 spiro atoms. The number of nitrogens with zero attached hydrogens (tertiary/aromatic N) is 2. The van der Waals surface area contributed by atoms with E-state index >= 15 is 0 Å². The maximum absolute atomic E-state index is 12.9. The third kappa shape index (κ3) is 2.39. The predicted molar refractivity (Wildman–Crippen MR) is 82.0 cm³/mol. The molecule has 3 rings (SSSR count). The van der Waals surface area contributed by atoms with E-state index in [2.05, 4.69) is 9.89 Å². The number of esters is 1. The van der Waals surface area contributed by atoms with Gasteiger partial charge in [0.2, 0.25) is 0 Å². The highest BCUT2D eigenvalue weighted by Crippen LogP contribution is 2.35. The van der Waals surface area contributed by atoms with Gasteiger partial charge >= 0.3 is 5.97 Å². The third-order valence-corrected chi connectivity index (χ3v) is 5.93. The van der Waals surface area contributed by atoms with Crippen LogP contribution in [0.1, 0.15) is 27.4 Å². The number of rotatable bonds is 3. The minimum absolute atomic E-state index is 0.0994. The fourth-order valence-electron chi connectivity index (χ4n) is 2.82. The van der Waals surface area contributed by atoms with E-state index in [-0.39, 0.29) is 10.7 Å². The van der Waals surface area contributed by atoms with Gasteiger partial charge in [-0.3, -0.25) is 4.31 Å². The van der Waals surface area contributed by atoms with Gasteiger partial charge in [-0.15, -0.1) is 0 Å². The van der Waals surface area contributed by atoms with Crippen molar-refractivity contribution in [3.63, 3.8) is 0 Å². The van der Waals surface area contributed by atoms with Gasteiger partial charge in [-0.05, 0) is 44.0 Å². The first-order valence-corrected chi connectivity index (χ1v) is 8.47. The predicted octanol–water partition coefficient (Wildman–Crippen LogP) is 1.83. The number of aryl methyl sites for hydroxylation is 2. The normalized spacial score (nSPS) is 14.0. The Bertz CT molecular complexity index is 866. The van der Waals surface area contributed by atoms with E-state index in [4.69, 9.17) is 4.52 Å². The van der Waals surface area contributed by atoms with Crippen molar-refractivity contribution in [2.24, 2.45) is 0 Å². The molecule has 7 nitrogen and oxygen atoms in total. The van der Waals surface area contributed by atoms with Gasteiger partial charge in [-0.25, -0.2) is 13.2 Å². The van der Waals surface area contributed by atoms with Gasteiger partial charge in [0.15, 0.2) is 10.7 Å². The Kier molecular flexibility index (Phi) is 3.63. The van der Waals surface area contributed by atoms with E-state index in [1.165, 1.54) is 11.4 Å². The Morgan fingerprint density at radius 1 is 1.35 bits per heavy atom. The van der Waals surface area contributed by atoms with Crippen LogP contribution in [-0.2, 0) is 21.2 Å². The van der Waals surface area contributed by atoms with Gasteiger partial charge in [0, 0.05) is 6.54 Å². The first-order valence-electron chi connectivity index (χ1n) is 7.03. The quantitative estimate of drug-likeness (QED) is 0.794. The maximum Gasteiger partial charge on any atom is 0.337 e. The summed E-state index contributed by atoms with van der Waals surface area (Å²) >= 11 is 0. The highest BCUT2D eigenvalue weighted by atomic mass is 32.2. The van der Waals surface area contributed by atoms with E-state index in [0.29, 0.717) is 29.9 Å². The van der Waals surface area contributed by atoms with Crippen molar-refractivity contribution < 1.29 is 22.5 Å². The van der Waals surface area contributed by atoms with E-state index in [9.17, 15) is 13.2 Å². The molecule has 0 atom stereocenters. The molecule has 0 saturated carbocycles. The number of hydrogen-bond acceptors (Lipinski definition) is 6. The Balaban J connectivity index is 2.05. The summed E-state index contributed by atoms with van der Waals surface area (Å²) in [7, 11) is -2.44. The van der Waals surface area contributed by atoms with Gasteiger partial charge in [0.25, 0.3) is 10.0 Å². The Hall–Kier alpha value is -2.35. The van der Waals surface area contributed by atoms with E-state index in [1.54, 1.807) is 32.0 Å². The number of aromatic nitrogens is 1. The highest BCUT2D eigenvalue weighted by Gasteiger charge is 2.35. The molecule has 2 aromatic rings. The molecule has 8 heteroatoms. The molecule has 23 heavy (non-hydrogen) atoms. The van der Waals surface area contributed by atoms with Crippen molar-refractivity contribution in [2.75, 3.05) is 18.0 Å². The molecule has 1 aromatic carbocycles. The van der Waals surface area contributed by atoms with Gasteiger partial charge in [-0.2, -0.15) is 0 Å². The molecular formula is C15H16N2O5S. The average Bonchev–Trinajstić information content (AvgIpc) is 3.09. The van der Waals surface area contributed by atoms with Crippen molar-refractivity contribution >= 4 is 21.7 Å². The smallest absolute Gasteiger partial charge is 0.337 e. The van der Waals surface area contributed by atoms with Crippen molar-refractivity contribution in [1.82, 2.24) is 5.16 Å². The minimum Gasteiger partial charge on any atom is -0.465 e. The summed E-state index contributed by atoms with van der Waals surface area (Å²) in [5.41, 5.74) is 2.10. The minimum atomic E-state index is -3.75. The van der Waals surface area contributed by atoms with Crippen LogP contribution in [0.3, 0.4) is 0 Å². The lowest BCUT2D eigenvalue weighted by atomic mass is 10.1. The van der Waals surface area contributed by atoms with Crippen LogP contribution in [0.2, 0.25) is 0 Å². The molecule has 2 heterocycles. The molecule has 122 valence electrons. The monoisotopic (exact) mass is 336 g/mol. The summed E-state index contributed by atoms with van der Waals surface area (Å²) < 4.78 is 36.8. The molecule has 1 aliphatic rings. The molecule has 0 aliphatic carbocycles. The number of fused-ring (bicyclic) bond motifs is 1. The highest BCUT2D eigenvalue weighted by molar-refractivity contribution is 7.93. The SMILES string of the molecule is COC(=O)c1ccc2c(c1)CCN2S(=O)(=O)c1c(C)noc1C. The zero-order valence-electron chi connectivity index (χ0n) is 13.0. The van der Waals surface area contributed by atoms with Gasteiger partial charge in [0.1, 0.15) is 5.69 Å². The van der Waals surface area contributed by atoms with Crippen molar-refractivity contribution in [2.45, 2.75) is 25.2 Å². The molecular weight excluding hydrogens is 320 g/mol. The molecule has 0 radical (unpaired) electrons. The van der Waals surface area contributed by atoms with Crippen LogP contribution in [0.5, 0.6) is 0 Å². The molecule has 0 unspecified atom stereocenters. The third-order valence-electron chi connectivity index (χ3n) is 3.87. The standard InChI is InChI=1S/C15H16N2O5S/c1-9-14(10(2)22-16-9)23(19,20)17-7-6-11-8-12(15(18)21-3)4-5-13(11)17/h4-5,8H,6-7H2,1-3H3. The largest absolute Gasteiger partial charge is 0.465 e. The van der Waals surface area contributed by atoms with E-state index < -0.39 is 16.0 Å². The Morgan fingerprint density at radius 3 is 2.70 bits per heavy atom. The number of ether oxygens (including phenoxy) is 1. The van der Waals surface area contributed by atoms with Gasteiger partial charge in [-0.1, -0.05) is 5.16 Å². The lowest BCUT2D eigenvalue weighted by Gasteiger charge is -2.19. The van der Waals surface area contributed by atoms with Crippen LogP contribution in [0, 0.1) is 13.8 Å². The fourth-order valence-corrected chi connectivity index (χ4v) is 4.62. The first-order chi connectivity index (χ1) is 10.9. The molecule has 0 amide bonds. The summed E-state index contributed by atoms with van der Waals surface area (Å²) in [5, 5.41) is 3.72. The second-order valence-corrected chi connectivity index (χ2v) is 7.11. The van der Waals surface area contributed by atoms with Crippen molar-refractivity contribution in [3.8, 4) is 0 Å². The zero-order chi connectivity index (χ0) is 16.8. The van der Waals surface area contributed by atoms with E-state index in [1.807, 2.05) is 0 Å². The second-order valence-electron chi connectivity index (χ2n) is 5.32. The zero-order valence-corrected chi connectivity index (χ0v) is 13.8. The van der Waals surface area contributed by atoms with Crippen LogP contribution < -0.4 is 4.31 Å². The number of carbonyl (C=O) groups excluding carboxylic acids is 1. The lowest BCUT2D eigenvalue weighted by Crippen LogP contribution is -2.29. The number of anilines is 1. The first kappa shape index (κ1) is 15.5. The lowest BCUT2D eigenvalue weighted by molar-refractivity contribution is 0.0600. The Morgan fingerprint density at radius 2 is 2.09 bits per heavy atom. The van der Waals surface area contributed by atoms with Crippen LogP contribution >= 0.6 is 0 Å². The molecule has 0 bridgehead atoms. The fraction of sp³-hybridized carbons (Fsp3) is 0.333. The van der Waals surface area contributed by atoms with Gasteiger partial charge in [0.05, 0.1) is 18.4 Å². The van der Waals surface area contributed by atoms with Gasteiger partial charge < -0.3 is 9.26 Å². The summed E-state index contributed by atoms with van der Waals surface area (Å²) in [6, 6.07) is 4.86. The van der Waals surface area contributed by atoms with Crippen LogP contribution in [-0.4, -0.2) is 33.2 Å². The second kappa shape index (κ2) is 5.38. The molecule has 0 saturated heterocycles. The number of sulfonamides is 1. The summed E-state index contributed by atoms with van der Waals surface area (Å²) in [4.78, 5) is 11.7. The number of carbonyl (C=O) groups is 1. The van der Waals surface area contributed by atoms with Crippen LogP contribution in [0.15, 0.2) is 27.6 Å². The van der Waals surface area contributed by atoms with Crippen LogP contribution in [0.25, 0.3) is 0 Å². The summed E-state index contributed by atoms with van der Waals surface area (Å²) in [6.07, 6.45) is 0.531. The van der Waals surface area contributed by atoms with Crippen molar-refractivity contribution in [1.29, 1.82) is 0 Å². The molecule has 1 aromatic heterocycles.